The van der Waals surface area contributed by atoms with Crippen LogP contribution in [0.25, 0.3) is 0 Å². The monoisotopic (exact) mass is 345 g/mol. The van der Waals surface area contributed by atoms with Crippen molar-refractivity contribution in [1.29, 1.82) is 0 Å². The van der Waals surface area contributed by atoms with Crippen molar-refractivity contribution >= 4 is 33.2 Å². The summed E-state index contributed by atoms with van der Waals surface area (Å²) in [5.41, 5.74) is 0.950. The predicted molar refractivity (Wildman–Crippen MR) is 83.7 cm³/mol. The Kier molecular flexibility index (Phi) is 4.78. The minimum absolute atomic E-state index is 0.0646. The van der Waals surface area contributed by atoms with E-state index in [1.807, 2.05) is 13.0 Å². The largest absolute Gasteiger partial charge is 0.456 e. The van der Waals surface area contributed by atoms with E-state index in [4.69, 9.17) is 33.1 Å². The number of hydrogen-bond acceptors (Lipinski definition) is 3. The zero-order valence-electron chi connectivity index (χ0n) is 11.1. The van der Waals surface area contributed by atoms with Crippen LogP contribution in [0, 0.1) is 0 Å². The molecule has 0 fully saturated rings. The lowest BCUT2D eigenvalue weighted by atomic mass is 10.1. The molecule has 0 saturated carbocycles. The highest BCUT2D eigenvalue weighted by atomic mass is 35.5. The number of nitrogens with two attached hydrogens (primary N) is 1. The van der Waals surface area contributed by atoms with Crippen LogP contribution in [-0.2, 0) is 16.4 Å². The molecule has 0 aliphatic carbocycles. The van der Waals surface area contributed by atoms with Crippen LogP contribution >= 0.6 is 23.2 Å². The Bertz CT molecular complexity index is 776. The second kappa shape index (κ2) is 6.23. The molecule has 2 aromatic carbocycles. The molecule has 0 bridgehead atoms. The third-order valence-electron chi connectivity index (χ3n) is 2.86. The lowest BCUT2D eigenvalue weighted by molar-refractivity contribution is 0.482. The summed E-state index contributed by atoms with van der Waals surface area (Å²) in [6.45, 7) is 1.98. The third-order valence-corrected chi connectivity index (χ3v) is 4.43. The average Bonchev–Trinajstić information content (AvgIpc) is 2.42. The average molecular weight is 346 g/mol. The molecular weight excluding hydrogens is 333 g/mol. The van der Waals surface area contributed by atoms with E-state index in [1.54, 1.807) is 12.1 Å². The van der Waals surface area contributed by atoms with E-state index in [1.165, 1.54) is 18.2 Å². The molecule has 0 amide bonds. The molecule has 112 valence electrons. The molecule has 0 spiro atoms. The molecule has 0 saturated heterocycles. The maximum absolute atomic E-state index is 11.2. The molecule has 0 heterocycles. The third kappa shape index (κ3) is 3.89. The molecule has 7 heteroatoms. The first kappa shape index (κ1) is 16.1. The normalized spacial score (nSPS) is 11.4. The van der Waals surface area contributed by atoms with Crippen molar-refractivity contribution in [2.24, 2.45) is 5.14 Å². The molecule has 21 heavy (non-hydrogen) atoms. The first-order valence-electron chi connectivity index (χ1n) is 6.10. The molecular formula is C14H13Cl2NO3S. The Morgan fingerprint density at radius 2 is 1.81 bits per heavy atom. The topological polar surface area (TPSA) is 69.4 Å². The lowest BCUT2D eigenvalue weighted by Crippen LogP contribution is -2.11. The highest BCUT2D eigenvalue weighted by Crippen LogP contribution is 2.32. The fourth-order valence-electron chi connectivity index (χ4n) is 1.75. The second-order valence-corrected chi connectivity index (χ2v) is 6.72. The molecule has 0 aromatic heterocycles. The van der Waals surface area contributed by atoms with Crippen LogP contribution in [-0.4, -0.2) is 8.42 Å². The Morgan fingerprint density at radius 3 is 2.38 bits per heavy atom. The van der Waals surface area contributed by atoms with Gasteiger partial charge in [-0.25, -0.2) is 13.6 Å². The number of primary sulfonamides is 1. The van der Waals surface area contributed by atoms with Crippen molar-refractivity contribution in [3.8, 4) is 11.5 Å². The molecule has 0 radical (unpaired) electrons. The summed E-state index contributed by atoms with van der Waals surface area (Å²) in [4.78, 5) is -0.0646. The number of rotatable bonds is 4. The van der Waals surface area contributed by atoms with E-state index >= 15 is 0 Å². The van der Waals surface area contributed by atoms with Gasteiger partial charge in [-0.1, -0.05) is 30.1 Å². The van der Waals surface area contributed by atoms with Gasteiger partial charge in [0.15, 0.2) is 0 Å². The van der Waals surface area contributed by atoms with E-state index in [2.05, 4.69) is 0 Å². The van der Waals surface area contributed by atoms with Crippen LogP contribution < -0.4 is 9.88 Å². The summed E-state index contributed by atoms with van der Waals surface area (Å²) in [6.07, 6.45) is 0.772. The van der Waals surface area contributed by atoms with E-state index in [-0.39, 0.29) is 9.92 Å². The van der Waals surface area contributed by atoms with Gasteiger partial charge in [0.05, 0.1) is 9.92 Å². The standard InChI is InChI=1S/C14H13Cl2NO3S/c1-2-9-7-10(3-5-12(9)15)20-14-6-4-11(8-13(14)16)21(17,18)19/h3-8H,2H2,1H3,(H2,17,18,19). The van der Waals surface area contributed by atoms with Crippen molar-refractivity contribution in [2.75, 3.05) is 0 Å². The Labute approximate surface area is 133 Å². The van der Waals surface area contributed by atoms with Gasteiger partial charge in [0, 0.05) is 5.02 Å². The van der Waals surface area contributed by atoms with Crippen molar-refractivity contribution < 1.29 is 13.2 Å². The van der Waals surface area contributed by atoms with Crippen LogP contribution in [0.4, 0.5) is 0 Å². The number of ether oxygens (including phenoxy) is 1. The number of hydrogen-bond donors (Lipinski definition) is 1. The molecule has 2 rings (SSSR count). The highest BCUT2D eigenvalue weighted by molar-refractivity contribution is 7.89. The van der Waals surface area contributed by atoms with Gasteiger partial charge in [-0.3, -0.25) is 0 Å². The fraction of sp³-hybridized carbons (Fsp3) is 0.143. The van der Waals surface area contributed by atoms with Gasteiger partial charge in [-0.15, -0.1) is 0 Å². The Hall–Kier alpha value is -1.27. The van der Waals surface area contributed by atoms with E-state index < -0.39 is 10.0 Å². The Morgan fingerprint density at radius 1 is 1.10 bits per heavy atom. The maximum atomic E-state index is 11.2. The van der Waals surface area contributed by atoms with Crippen LogP contribution in [0.1, 0.15) is 12.5 Å². The molecule has 2 aromatic rings. The van der Waals surface area contributed by atoms with Crippen molar-refractivity contribution in [2.45, 2.75) is 18.2 Å². The first-order valence-corrected chi connectivity index (χ1v) is 8.40. The van der Waals surface area contributed by atoms with Gasteiger partial charge >= 0.3 is 0 Å². The van der Waals surface area contributed by atoms with Crippen LogP contribution in [0.15, 0.2) is 41.3 Å². The van der Waals surface area contributed by atoms with Crippen molar-refractivity contribution in [1.82, 2.24) is 0 Å². The zero-order valence-corrected chi connectivity index (χ0v) is 13.5. The summed E-state index contributed by atoms with van der Waals surface area (Å²) < 4.78 is 28.1. The lowest BCUT2D eigenvalue weighted by Gasteiger charge is -2.10. The molecule has 0 aliphatic rings. The first-order chi connectivity index (χ1) is 9.81. The number of aryl methyl sites for hydroxylation is 1. The SMILES string of the molecule is CCc1cc(Oc2ccc(S(N)(=O)=O)cc2Cl)ccc1Cl. The van der Waals surface area contributed by atoms with Crippen LogP contribution in [0.3, 0.4) is 0 Å². The van der Waals surface area contributed by atoms with Crippen LogP contribution in [0.5, 0.6) is 11.5 Å². The maximum Gasteiger partial charge on any atom is 0.238 e. The van der Waals surface area contributed by atoms with E-state index in [0.29, 0.717) is 16.5 Å². The molecule has 2 N–H and O–H groups in total. The molecule has 0 unspecified atom stereocenters. The number of sulfonamides is 1. The van der Waals surface area contributed by atoms with Crippen LogP contribution in [0.2, 0.25) is 10.0 Å². The van der Waals surface area contributed by atoms with Gasteiger partial charge in [-0.05, 0) is 48.4 Å². The minimum Gasteiger partial charge on any atom is -0.456 e. The molecule has 0 atom stereocenters. The highest BCUT2D eigenvalue weighted by Gasteiger charge is 2.12. The molecule has 0 aliphatic heterocycles. The smallest absolute Gasteiger partial charge is 0.238 e. The summed E-state index contributed by atoms with van der Waals surface area (Å²) >= 11 is 12.1. The van der Waals surface area contributed by atoms with Gasteiger partial charge in [0.1, 0.15) is 11.5 Å². The van der Waals surface area contributed by atoms with Crippen molar-refractivity contribution in [3.63, 3.8) is 0 Å². The Balaban J connectivity index is 2.32. The predicted octanol–water partition coefficient (Wildman–Crippen LogP) is 4.00. The van der Waals surface area contributed by atoms with Gasteiger partial charge in [-0.2, -0.15) is 0 Å². The number of halogens is 2. The van der Waals surface area contributed by atoms with Crippen molar-refractivity contribution in [3.05, 3.63) is 52.0 Å². The quantitative estimate of drug-likeness (QED) is 0.910. The zero-order chi connectivity index (χ0) is 15.6. The molecule has 4 nitrogen and oxygen atoms in total. The van der Waals surface area contributed by atoms with Gasteiger partial charge < -0.3 is 4.74 Å². The van der Waals surface area contributed by atoms with E-state index in [0.717, 1.165) is 12.0 Å². The summed E-state index contributed by atoms with van der Waals surface area (Å²) in [6, 6.07) is 9.32. The number of benzene rings is 2. The second-order valence-electron chi connectivity index (χ2n) is 4.35. The minimum atomic E-state index is -3.79. The van der Waals surface area contributed by atoms with E-state index in [9.17, 15) is 8.42 Å². The van der Waals surface area contributed by atoms with Gasteiger partial charge in [0.2, 0.25) is 10.0 Å². The summed E-state index contributed by atoms with van der Waals surface area (Å²) in [5, 5.41) is 5.87. The summed E-state index contributed by atoms with van der Waals surface area (Å²) in [7, 11) is -3.79. The fourth-order valence-corrected chi connectivity index (χ4v) is 2.83. The van der Waals surface area contributed by atoms with Gasteiger partial charge in [0.25, 0.3) is 0 Å². The summed E-state index contributed by atoms with van der Waals surface area (Å²) in [5.74, 6) is 0.912.